The van der Waals surface area contributed by atoms with Gasteiger partial charge in [0.2, 0.25) is 0 Å². The molecule has 0 aromatic heterocycles. The van der Waals surface area contributed by atoms with Crippen molar-refractivity contribution in [3.63, 3.8) is 0 Å². The molecular formula is C7H7F5S. The first kappa shape index (κ1) is 10.3. The van der Waals surface area contributed by atoms with Crippen molar-refractivity contribution in [1.29, 1.82) is 0 Å². The number of rotatable bonds is 1. The molecule has 0 aliphatic heterocycles. The second-order valence-corrected chi connectivity index (χ2v) is 5.19. The highest BCUT2D eigenvalue weighted by molar-refractivity contribution is 8.45. The summed E-state index contributed by atoms with van der Waals surface area (Å²) in [6.07, 6.45) is 0. The summed E-state index contributed by atoms with van der Waals surface area (Å²) in [5.41, 5.74) is 0.158. The molecule has 0 saturated heterocycles. The molecule has 0 N–H and O–H groups in total. The van der Waals surface area contributed by atoms with Crippen LogP contribution in [0.1, 0.15) is 5.56 Å². The van der Waals surface area contributed by atoms with Crippen molar-refractivity contribution < 1.29 is 19.4 Å². The van der Waals surface area contributed by atoms with Gasteiger partial charge in [0.15, 0.2) is 0 Å². The Morgan fingerprint density at radius 2 is 1.54 bits per heavy atom. The van der Waals surface area contributed by atoms with Crippen molar-refractivity contribution in [1.82, 2.24) is 0 Å². The second-order valence-electron chi connectivity index (χ2n) is 2.79. The van der Waals surface area contributed by atoms with E-state index >= 15 is 0 Å². The van der Waals surface area contributed by atoms with Crippen molar-refractivity contribution >= 4 is 10.2 Å². The molecule has 0 amide bonds. The van der Waals surface area contributed by atoms with E-state index in [0.717, 1.165) is 6.07 Å². The Balaban J connectivity index is 3.41. The Morgan fingerprint density at radius 1 is 1.00 bits per heavy atom. The lowest BCUT2D eigenvalue weighted by atomic mass is 10.2. The summed E-state index contributed by atoms with van der Waals surface area (Å²) in [4.78, 5) is -1.83. The summed E-state index contributed by atoms with van der Waals surface area (Å²) in [5.74, 6) is 0. The maximum atomic E-state index is 12.1. The third-order valence-corrected chi connectivity index (χ3v) is 2.58. The lowest BCUT2D eigenvalue weighted by Crippen LogP contribution is -2.05. The molecule has 0 aliphatic carbocycles. The third kappa shape index (κ3) is 2.58. The molecule has 6 heteroatoms. The van der Waals surface area contributed by atoms with E-state index in [-0.39, 0.29) is 5.56 Å². The van der Waals surface area contributed by atoms with E-state index in [1.165, 1.54) is 13.0 Å². The van der Waals surface area contributed by atoms with Crippen molar-refractivity contribution in [3.8, 4) is 0 Å². The molecule has 0 nitrogen and oxygen atoms in total. The fraction of sp³-hybridized carbons (Fsp3) is 0.143. The van der Waals surface area contributed by atoms with Gasteiger partial charge in [-0.1, -0.05) is 31.6 Å². The van der Waals surface area contributed by atoms with Crippen LogP contribution < -0.4 is 0 Å². The summed E-state index contributed by atoms with van der Waals surface area (Å²) < 4.78 is 60.6. The third-order valence-electron chi connectivity index (χ3n) is 1.43. The Kier molecular flexibility index (Phi) is 1.58. The van der Waals surface area contributed by atoms with Gasteiger partial charge in [-0.15, -0.1) is 0 Å². The Bertz CT molecular complexity index is 338. The van der Waals surface area contributed by atoms with E-state index in [1.54, 1.807) is 0 Å². The molecule has 0 aliphatic rings. The highest BCUT2D eigenvalue weighted by Crippen LogP contribution is 3.02. The van der Waals surface area contributed by atoms with Gasteiger partial charge in [0.05, 0.1) is 0 Å². The summed E-state index contributed by atoms with van der Waals surface area (Å²) in [7, 11) is -9.46. The summed E-state index contributed by atoms with van der Waals surface area (Å²) >= 11 is 0. The molecular weight excluding hydrogens is 211 g/mol. The first-order valence-electron chi connectivity index (χ1n) is 3.30. The van der Waals surface area contributed by atoms with Crippen LogP contribution in [0, 0.1) is 6.92 Å². The minimum Gasteiger partial charge on any atom is -0.0936 e. The lowest BCUT2D eigenvalue weighted by molar-refractivity contribution is 0.364. The van der Waals surface area contributed by atoms with Crippen molar-refractivity contribution in [2.45, 2.75) is 11.8 Å². The highest BCUT2D eigenvalue weighted by Gasteiger charge is 2.65. The van der Waals surface area contributed by atoms with Gasteiger partial charge in [0.1, 0.15) is 4.90 Å². The van der Waals surface area contributed by atoms with E-state index in [0.29, 0.717) is 12.1 Å². The fourth-order valence-electron chi connectivity index (χ4n) is 0.855. The number of aryl methyl sites for hydroxylation is 1. The average Bonchev–Trinajstić information content (AvgIpc) is 1.82. The van der Waals surface area contributed by atoms with E-state index in [9.17, 15) is 19.4 Å². The lowest BCUT2D eigenvalue weighted by Gasteiger charge is -2.40. The van der Waals surface area contributed by atoms with Gasteiger partial charge in [-0.2, -0.15) is 0 Å². The zero-order valence-corrected chi connectivity index (χ0v) is 7.42. The summed E-state index contributed by atoms with van der Waals surface area (Å²) in [6.45, 7) is 1.33. The molecule has 1 aromatic rings. The van der Waals surface area contributed by atoms with Crippen molar-refractivity contribution in [2.75, 3.05) is 0 Å². The first-order valence-corrected chi connectivity index (χ1v) is 5.25. The van der Waals surface area contributed by atoms with Crippen LogP contribution in [0.25, 0.3) is 0 Å². The van der Waals surface area contributed by atoms with Crippen LogP contribution in [0.3, 0.4) is 0 Å². The molecule has 1 aromatic carbocycles. The van der Waals surface area contributed by atoms with Gasteiger partial charge < -0.3 is 0 Å². The van der Waals surface area contributed by atoms with Gasteiger partial charge in [0.25, 0.3) is 0 Å². The Morgan fingerprint density at radius 3 is 1.85 bits per heavy atom. The molecule has 0 fully saturated rings. The topological polar surface area (TPSA) is 0 Å². The van der Waals surface area contributed by atoms with Crippen LogP contribution in [0.2, 0.25) is 0 Å². The average molecular weight is 218 g/mol. The SMILES string of the molecule is Cc1cccc(S(F)(F)(F)(F)F)c1. The maximum Gasteiger partial charge on any atom is 0.310 e. The van der Waals surface area contributed by atoms with Crippen LogP contribution in [0.15, 0.2) is 29.2 Å². The summed E-state index contributed by atoms with van der Waals surface area (Å²) in [6, 6.07) is 3.12. The number of benzene rings is 1. The van der Waals surface area contributed by atoms with Gasteiger partial charge >= 0.3 is 10.2 Å². The molecule has 0 spiro atoms. The fourth-order valence-corrected chi connectivity index (χ4v) is 1.60. The molecule has 13 heavy (non-hydrogen) atoms. The molecule has 0 bridgehead atoms. The van der Waals surface area contributed by atoms with Gasteiger partial charge in [-0.25, -0.2) is 0 Å². The molecule has 0 radical (unpaired) electrons. The predicted molar refractivity (Wildman–Crippen MR) is 42.6 cm³/mol. The smallest absolute Gasteiger partial charge is 0.0936 e. The highest BCUT2D eigenvalue weighted by atomic mass is 32.5. The predicted octanol–water partition coefficient (Wildman–Crippen LogP) is 4.65. The molecule has 0 atom stereocenters. The standard InChI is InChI=1S/C7H7F5S/c1-6-3-2-4-7(5-6)13(8,9,10,11)12/h2-5H,1H3. The minimum atomic E-state index is -9.46. The van der Waals surface area contributed by atoms with Gasteiger partial charge in [-0.05, 0) is 24.6 Å². The maximum absolute atomic E-state index is 12.1. The van der Waals surface area contributed by atoms with Gasteiger partial charge in [-0.3, -0.25) is 0 Å². The van der Waals surface area contributed by atoms with Gasteiger partial charge in [0, 0.05) is 0 Å². The minimum absolute atomic E-state index is 0.158. The molecule has 76 valence electrons. The van der Waals surface area contributed by atoms with Crippen molar-refractivity contribution in [2.24, 2.45) is 0 Å². The van der Waals surface area contributed by atoms with E-state index < -0.39 is 15.1 Å². The zero-order chi connectivity index (χ0) is 10.4. The second kappa shape index (κ2) is 2.00. The van der Waals surface area contributed by atoms with E-state index in [1.807, 2.05) is 0 Å². The first-order chi connectivity index (χ1) is 5.49. The largest absolute Gasteiger partial charge is 0.310 e. The Hall–Kier alpha value is -0.780. The zero-order valence-electron chi connectivity index (χ0n) is 6.61. The monoisotopic (exact) mass is 218 g/mol. The van der Waals surface area contributed by atoms with E-state index in [2.05, 4.69) is 0 Å². The molecule has 1 rings (SSSR count). The van der Waals surface area contributed by atoms with Crippen LogP contribution >= 0.6 is 10.2 Å². The van der Waals surface area contributed by atoms with Crippen LogP contribution in [-0.4, -0.2) is 0 Å². The molecule has 0 unspecified atom stereocenters. The van der Waals surface area contributed by atoms with E-state index in [4.69, 9.17) is 0 Å². The van der Waals surface area contributed by atoms with Crippen LogP contribution in [0.5, 0.6) is 0 Å². The normalized spacial score (nSPS) is 17.7. The van der Waals surface area contributed by atoms with Crippen LogP contribution in [-0.2, 0) is 0 Å². The molecule has 0 saturated carbocycles. The number of halogens is 5. The Labute approximate surface area is 72.1 Å². The van der Waals surface area contributed by atoms with Crippen molar-refractivity contribution in [3.05, 3.63) is 29.8 Å². The quantitative estimate of drug-likeness (QED) is 0.602. The number of hydrogen-bond donors (Lipinski definition) is 0. The number of hydrogen-bond acceptors (Lipinski definition) is 0. The van der Waals surface area contributed by atoms with Crippen LogP contribution in [0.4, 0.5) is 19.4 Å². The summed E-state index contributed by atoms with van der Waals surface area (Å²) in [5, 5.41) is 0. The molecule has 0 heterocycles.